The van der Waals surface area contributed by atoms with Gasteiger partial charge in [0.15, 0.2) is 0 Å². The van der Waals surface area contributed by atoms with Crippen molar-refractivity contribution in [3.63, 3.8) is 0 Å². The molecular weight excluding hydrogens is 368 g/mol. The van der Waals surface area contributed by atoms with Gasteiger partial charge < -0.3 is 14.6 Å². The third-order valence-corrected chi connectivity index (χ3v) is 5.19. The lowest BCUT2D eigenvalue weighted by Gasteiger charge is -2.30. The highest BCUT2D eigenvalue weighted by Gasteiger charge is 2.31. The summed E-state index contributed by atoms with van der Waals surface area (Å²) >= 11 is 0. The normalized spacial score (nSPS) is 15.1. The monoisotopic (exact) mass is 390 g/mol. The second-order valence-corrected chi connectivity index (χ2v) is 7.18. The van der Waals surface area contributed by atoms with Crippen molar-refractivity contribution in [3.05, 3.63) is 82.3 Å². The Bertz CT molecular complexity index is 1080. The Balaban J connectivity index is 1.64. The summed E-state index contributed by atoms with van der Waals surface area (Å²) in [4.78, 5) is 42.6. The highest BCUT2D eigenvalue weighted by Crippen LogP contribution is 2.24. The van der Waals surface area contributed by atoms with Crippen LogP contribution < -0.4 is 5.56 Å². The first-order valence-electron chi connectivity index (χ1n) is 9.80. The minimum Gasteiger partial charge on any atom is -0.443 e. The lowest BCUT2D eigenvalue weighted by molar-refractivity contribution is -0.142. The summed E-state index contributed by atoms with van der Waals surface area (Å²) in [6.07, 6.45) is 1.94. The van der Waals surface area contributed by atoms with Gasteiger partial charge in [0, 0.05) is 24.0 Å². The van der Waals surface area contributed by atoms with Crippen molar-refractivity contribution in [3.8, 4) is 0 Å². The van der Waals surface area contributed by atoms with Crippen LogP contribution in [0.5, 0.6) is 0 Å². The number of carbonyl (C=O) groups excluding carboxylic acids is 2. The van der Waals surface area contributed by atoms with Crippen LogP contribution in [-0.2, 0) is 9.53 Å². The van der Waals surface area contributed by atoms with E-state index >= 15 is 0 Å². The average molecular weight is 390 g/mol. The topological polar surface area (TPSA) is 79.5 Å². The second kappa shape index (κ2) is 8.31. The maximum Gasteiger partial charge on any atom is 0.355 e. The zero-order chi connectivity index (χ0) is 20.2. The Labute approximate surface area is 168 Å². The number of nitrogens with zero attached hydrogens (tertiary/aromatic N) is 1. The number of rotatable bonds is 4. The van der Waals surface area contributed by atoms with Crippen molar-refractivity contribution in [2.24, 2.45) is 0 Å². The average Bonchev–Trinajstić information content (AvgIpc) is 2.78. The molecule has 0 unspecified atom stereocenters. The Kier molecular flexibility index (Phi) is 5.42. The summed E-state index contributed by atoms with van der Waals surface area (Å²) in [5, 5.41) is 1.13. The number of carbonyl (C=O) groups is 2. The van der Waals surface area contributed by atoms with Crippen LogP contribution >= 0.6 is 0 Å². The zero-order valence-corrected chi connectivity index (χ0v) is 16.0. The number of hydrogen-bond acceptors (Lipinski definition) is 4. The summed E-state index contributed by atoms with van der Waals surface area (Å²) in [6.45, 7) is 1.32. The summed E-state index contributed by atoms with van der Waals surface area (Å²) in [5.74, 6) is -0.959. The molecule has 1 aliphatic rings. The summed E-state index contributed by atoms with van der Waals surface area (Å²) in [6, 6.07) is 17.6. The molecule has 6 heteroatoms. The highest BCUT2D eigenvalue weighted by molar-refractivity contribution is 5.95. The van der Waals surface area contributed by atoms with Crippen LogP contribution in [0.25, 0.3) is 10.8 Å². The molecule has 1 atom stereocenters. The van der Waals surface area contributed by atoms with E-state index in [9.17, 15) is 14.4 Å². The fraction of sp³-hybridized carbons (Fsp3) is 0.261. The van der Waals surface area contributed by atoms with E-state index in [1.54, 1.807) is 59.5 Å². The molecule has 2 heterocycles. The number of nitrogens with one attached hydrogen (secondary N) is 1. The number of ether oxygens (including phenoxy) is 1. The maximum atomic E-state index is 13.1. The van der Waals surface area contributed by atoms with Gasteiger partial charge in [-0.1, -0.05) is 48.5 Å². The van der Waals surface area contributed by atoms with Gasteiger partial charge in [0.2, 0.25) is 6.10 Å². The molecule has 1 fully saturated rings. The molecule has 0 bridgehead atoms. The number of aromatic nitrogens is 1. The van der Waals surface area contributed by atoms with E-state index in [-0.39, 0.29) is 17.2 Å². The van der Waals surface area contributed by atoms with Crippen LogP contribution in [0.3, 0.4) is 0 Å². The molecule has 6 nitrogen and oxygen atoms in total. The minimum atomic E-state index is -1.04. The number of benzene rings is 2. The van der Waals surface area contributed by atoms with E-state index in [0.29, 0.717) is 29.4 Å². The van der Waals surface area contributed by atoms with Crippen molar-refractivity contribution in [2.75, 3.05) is 13.1 Å². The molecular formula is C23H22N2O4. The van der Waals surface area contributed by atoms with E-state index in [4.69, 9.17) is 4.74 Å². The predicted octanol–water partition coefficient (Wildman–Crippen LogP) is 3.44. The van der Waals surface area contributed by atoms with Crippen molar-refractivity contribution < 1.29 is 14.3 Å². The number of fused-ring (bicyclic) bond motifs is 1. The number of esters is 1. The SMILES string of the molecule is O=C(O[C@@H](C(=O)N1CCCCC1)c1ccccc1)c1cc2ccccc2c(=O)[nH]1. The summed E-state index contributed by atoms with van der Waals surface area (Å²) in [7, 11) is 0. The van der Waals surface area contributed by atoms with Gasteiger partial charge in [-0.05, 0) is 36.8 Å². The van der Waals surface area contributed by atoms with Crippen molar-refractivity contribution in [1.82, 2.24) is 9.88 Å². The number of H-pyrrole nitrogens is 1. The number of piperidine rings is 1. The van der Waals surface area contributed by atoms with Crippen LogP contribution in [0.1, 0.15) is 41.4 Å². The first kappa shape index (κ1) is 18.9. The Morgan fingerprint density at radius 1 is 0.931 bits per heavy atom. The molecule has 1 aromatic heterocycles. The lowest BCUT2D eigenvalue weighted by atomic mass is 10.1. The van der Waals surface area contributed by atoms with Crippen LogP contribution in [0.2, 0.25) is 0 Å². The van der Waals surface area contributed by atoms with Gasteiger partial charge in [-0.25, -0.2) is 4.79 Å². The Morgan fingerprint density at radius 2 is 1.62 bits per heavy atom. The molecule has 2 aromatic carbocycles. The van der Waals surface area contributed by atoms with Crippen molar-refractivity contribution in [2.45, 2.75) is 25.4 Å². The summed E-state index contributed by atoms with van der Waals surface area (Å²) < 4.78 is 5.64. The molecule has 1 amide bonds. The third-order valence-electron chi connectivity index (χ3n) is 5.19. The molecule has 4 rings (SSSR count). The Morgan fingerprint density at radius 3 is 2.38 bits per heavy atom. The van der Waals surface area contributed by atoms with Gasteiger partial charge >= 0.3 is 5.97 Å². The molecule has 0 radical (unpaired) electrons. The molecule has 0 spiro atoms. The molecule has 1 aliphatic heterocycles. The number of likely N-dealkylation sites (tertiary alicyclic amines) is 1. The fourth-order valence-corrected chi connectivity index (χ4v) is 3.66. The number of aromatic amines is 1. The van der Waals surface area contributed by atoms with E-state index in [0.717, 1.165) is 19.3 Å². The van der Waals surface area contributed by atoms with E-state index in [1.807, 2.05) is 6.07 Å². The zero-order valence-electron chi connectivity index (χ0n) is 16.0. The molecule has 1 saturated heterocycles. The second-order valence-electron chi connectivity index (χ2n) is 7.18. The van der Waals surface area contributed by atoms with E-state index < -0.39 is 12.1 Å². The van der Waals surface area contributed by atoms with Gasteiger partial charge in [0.05, 0.1) is 0 Å². The summed E-state index contributed by atoms with van der Waals surface area (Å²) in [5.41, 5.74) is 0.273. The lowest BCUT2D eigenvalue weighted by Crippen LogP contribution is -2.40. The van der Waals surface area contributed by atoms with Crippen molar-refractivity contribution in [1.29, 1.82) is 0 Å². The molecule has 0 saturated carbocycles. The van der Waals surface area contributed by atoms with Crippen LogP contribution in [-0.4, -0.2) is 34.8 Å². The molecule has 29 heavy (non-hydrogen) atoms. The highest BCUT2D eigenvalue weighted by atomic mass is 16.5. The van der Waals surface area contributed by atoms with Gasteiger partial charge in [-0.2, -0.15) is 0 Å². The van der Waals surface area contributed by atoms with E-state index in [2.05, 4.69) is 4.98 Å². The molecule has 0 aliphatic carbocycles. The smallest absolute Gasteiger partial charge is 0.355 e. The van der Waals surface area contributed by atoms with E-state index in [1.165, 1.54) is 0 Å². The quantitative estimate of drug-likeness (QED) is 0.692. The standard InChI is InChI=1S/C23H22N2O4/c26-21-18-12-6-5-11-17(18)15-19(24-21)23(28)29-20(16-9-3-1-4-10-16)22(27)25-13-7-2-8-14-25/h1,3-6,9-12,15,20H,2,7-8,13-14H2,(H,24,26)/t20-/m1/s1. The van der Waals surface area contributed by atoms with Crippen LogP contribution in [0.4, 0.5) is 0 Å². The first-order chi connectivity index (χ1) is 14.1. The number of pyridine rings is 1. The fourth-order valence-electron chi connectivity index (χ4n) is 3.66. The molecule has 1 N–H and O–H groups in total. The maximum absolute atomic E-state index is 13.1. The minimum absolute atomic E-state index is 0.0288. The van der Waals surface area contributed by atoms with Crippen LogP contribution in [0.15, 0.2) is 65.5 Å². The van der Waals surface area contributed by atoms with Gasteiger partial charge in [0.25, 0.3) is 11.5 Å². The third kappa shape index (κ3) is 4.06. The van der Waals surface area contributed by atoms with Gasteiger partial charge in [-0.3, -0.25) is 9.59 Å². The number of hydrogen-bond donors (Lipinski definition) is 1. The predicted molar refractivity (Wildman–Crippen MR) is 110 cm³/mol. The van der Waals surface area contributed by atoms with Gasteiger partial charge in [0.1, 0.15) is 5.69 Å². The molecule has 148 valence electrons. The first-order valence-corrected chi connectivity index (χ1v) is 9.80. The molecule has 3 aromatic rings. The largest absolute Gasteiger partial charge is 0.443 e. The van der Waals surface area contributed by atoms with Gasteiger partial charge in [-0.15, -0.1) is 0 Å². The van der Waals surface area contributed by atoms with Crippen LogP contribution in [0, 0.1) is 0 Å². The Hall–Kier alpha value is -3.41. The van der Waals surface area contributed by atoms with Crippen molar-refractivity contribution >= 4 is 22.6 Å². The number of amides is 1.